The van der Waals surface area contributed by atoms with Gasteiger partial charge in [0.1, 0.15) is 5.82 Å². The third kappa shape index (κ3) is 3.67. The third-order valence-corrected chi connectivity index (χ3v) is 4.75. The zero-order chi connectivity index (χ0) is 18.7. The lowest BCUT2D eigenvalue weighted by Gasteiger charge is -2.38. The number of hydrogen-bond donors (Lipinski definition) is 2. The maximum absolute atomic E-state index is 6.17. The minimum atomic E-state index is 0.440. The number of hydrogen-bond acceptors (Lipinski definition) is 7. The number of anilines is 2. The van der Waals surface area contributed by atoms with Crippen LogP contribution in [0.5, 0.6) is 11.5 Å². The fraction of sp³-hybridized carbons (Fsp3) is 0.474. The van der Waals surface area contributed by atoms with Crippen LogP contribution in [0.25, 0.3) is 11.1 Å². The van der Waals surface area contributed by atoms with Crippen molar-refractivity contribution in [2.24, 2.45) is 5.92 Å². The Hall–Kier alpha value is -2.54. The van der Waals surface area contributed by atoms with Crippen LogP contribution in [0.2, 0.25) is 0 Å². The predicted molar refractivity (Wildman–Crippen MR) is 104 cm³/mol. The van der Waals surface area contributed by atoms with E-state index in [1.54, 1.807) is 14.2 Å². The summed E-state index contributed by atoms with van der Waals surface area (Å²) in [5.74, 6) is 2.95. The summed E-state index contributed by atoms with van der Waals surface area (Å²) in [5, 5.41) is 2.92. The summed E-state index contributed by atoms with van der Waals surface area (Å²) in [6.45, 7) is 8.05. The van der Waals surface area contributed by atoms with Crippen molar-refractivity contribution < 1.29 is 9.47 Å². The van der Waals surface area contributed by atoms with Gasteiger partial charge in [-0.2, -0.15) is 4.98 Å². The van der Waals surface area contributed by atoms with Crippen LogP contribution >= 0.6 is 0 Å². The third-order valence-electron chi connectivity index (χ3n) is 4.75. The standard InChI is InChI=1S/C19H27N5O2/c1-5-24-9-13(10-24)11-26-16-8-14(6-7-15(16)25-4)17-12(2)22-19(21-3)23-18(17)20/h6-8,13H,5,9-11H2,1-4H3,(H3,20,21,22,23). The summed E-state index contributed by atoms with van der Waals surface area (Å²) >= 11 is 0. The molecule has 3 N–H and O–H groups in total. The maximum atomic E-state index is 6.17. The number of nitrogen functional groups attached to an aromatic ring is 1. The van der Waals surface area contributed by atoms with E-state index in [1.165, 1.54) is 0 Å². The first kappa shape index (κ1) is 18.3. The molecular weight excluding hydrogens is 330 g/mol. The molecule has 1 aliphatic rings. The molecule has 0 atom stereocenters. The molecule has 0 amide bonds. The van der Waals surface area contributed by atoms with Crippen LogP contribution in [0, 0.1) is 12.8 Å². The van der Waals surface area contributed by atoms with E-state index in [0.29, 0.717) is 30.0 Å². The zero-order valence-electron chi connectivity index (χ0n) is 15.9. The topological polar surface area (TPSA) is 85.5 Å². The van der Waals surface area contributed by atoms with Crippen LogP contribution < -0.4 is 20.5 Å². The van der Waals surface area contributed by atoms with E-state index in [-0.39, 0.29) is 0 Å². The molecule has 0 spiro atoms. The fourth-order valence-corrected chi connectivity index (χ4v) is 3.26. The summed E-state index contributed by atoms with van der Waals surface area (Å²) in [5.41, 5.74) is 8.72. The Bertz CT molecular complexity index is 752. The number of aryl methyl sites for hydroxylation is 1. The number of nitrogens with one attached hydrogen (secondary N) is 1. The van der Waals surface area contributed by atoms with Gasteiger partial charge in [0, 0.05) is 31.6 Å². The molecule has 7 nitrogen and oxygen atoms in total. The molecule has 0 unspecified atom stereocenters. The lowest BCUT2D eigenvalue weighted by molar-refractivity contribution is 0.0662. The van der Waals surface area contributed by atoms with Crippen LogP contribution in [0.4, 0.5) is 11.8 Å². The van der Waals surface area contributed by atoms with Crippen molar-refractivity contribution in [3.05, 3.63) is 23.9 Å². The van der Waals surface area contributed by atoms with E-state index in [9.17, 15) is 0 Å². The Morgan fingerprint density at radius 3 is 2.65 bits per heavy atom. The Morgan fingerprint density at radius 2 is 2.04 bits per heavy atom. The molecule has 26 heavy (non-hydrogen) atoms. The van der Waals surface area contributed by atoms with Crippen molar-refractivity contribution >= 4 is 11.8 Å². The van der Waals surface area contributed by atoms with E-state index >= 15 is 0 Å². The Balaban J connectivity index is 1.83. The second-order valence-corrected chi connectivity index (χ2v) is 6.54. The van der Waals surface area contributed by atoms with E-state index < -0.39 is 0 Å². The normalized spacial score (nSPS) is 14.8. The number of nitrogens with two attached hydrogens (primary N) is 1. The Kier molecular flexibility index (Phi) is 5.46. The van der Waals surface area contributed by atoms with Gasteiger partial charge in [-0.05, 0) is 31.2 Å². The molecule has 140 valence electrons. The van der Waals surface area contributed by atoms with Crippen LogP contribution in [0.15, 0.2) is 18.2 Å². The summed E-state index contributed by atoms with van der Waals surface area (Å²) < 4.78 is 11.5. The van der Waals surface area contributed by atoms with E-state index in [2.05, 4.69) is 27.1 Å². The van der Waals surface area contributed by atoms with Crippen LogP contribution in [-0.2, 0) is 0 Å². The first-order valence-corrected chi connectivity index (χ1v) is 8.91. The average molecular weight is 357 g/mol. The van der Waals surface area contributed by atoms with Gasteiger partial charge in [-0.25, -0.2) is 4.98 Å². The second-order valence-electron chi connectivity index (χ2n) is 6.54. The molecule has 0 aliphatic carbocycles. The second kappa shape index (κ2) is 7.78. The predicted octanol–water partition coefficient (Wildman–Crippen LogP) is 2.42. The molecule has 2 aromatic rings. The van der Waals surface area contributed by atoms with Gasteiger partial charge in [-0.15, -0.1) is 0 Å². The highest BCUT2D eigenvalue weighted by Crippen LogP contribution is 2.36. The molecule has 1 saturated heterocycles. The maximum Gasteiger partial charge on any atom is 0.224 e. The van der Waals surface area contributed by atoms with Gasteiger partial charge in [-0.3, -0.25) is 0 Å². The molecule has 0 bridgehead atoms. The lowest BCUT2D eigenvalue weighted by Crippen LogP contribution is -2.48. The molecule has 1 aliphatic heterocycles. The van der Waals surface area contributed by atoms with Crippen molar-refractivity contribution in [2.45, 2.75) is 13.8 Å². The molecule has 3 rings (SSSR count). The van der Waals surface area contributed by atoms with Crippen molar-refractivity contribution in [1.29, 1.82) is 0 Å². The quantitative estimate of drug-likeness (QED) is 0.787. The number of rotatable bonds is 7. The highest BCUT2D eigenvalue weighted by molar-refractivity contribution is 5.78. The first-order chi connectivity index (χ1) is 12.5. The van der Waals surface area contributed by atoms with Gasteiger partial charge in [0.2, 0.25) is 5.95 Å². The highest BCUT2D eigenvalue weighted by atomic mass is 16.5. The van der Waals surface area contributed by atoms with Gasteiger partial charge in [0.15, 0.2) is 11.5 Å². The average Bonchev–Trinajstić information content (AvgIpc) is 2.60. The smallest absolute Gasteiger partial charge is 0.224 e. The molecule has 1 aromatic heterocycles. The Labute approximate surface area is 154 Å². The van der Waals surface area contributed by atoms with Gasteiger partial charge < -0.3 is 25.4 Å². The molecule has 7 heteroatoms. The number of likely N-dealkylation sites (tertiary alicyclic amines) is 1. The van der Waals surface area contributed by atoms with Crippen LogP contribution in [0.3, 0.4) is 0 Å². The molecule has 1 fully saturated rings. The number of methoxy groups -OCH3 is 1. The largest absolute Gasteiger partial charge is 0.493 e. The minimum absolute atomic E-state index is 0.440. The van der Waals surface area contributed by atoms with Gasteiger partial charge in [0.05, 0.1) is 19.4 Å². The van der Waals surface area contributed by atoms with Crippen LogP contribution in [0.1, 0.15) is 12.6 Å². The zero-order valence-corrected chi connectivity index (χ0v) is 15.9. The van der Waals surface area contributed by atoms with E-state index in [0.717, 1.165) is 42.2 Å². The highest BCUT2D eigenvalue weighted by Gasteiger charge is 2.26. The first-order valence-electron chi connectivity index (χ1n) is 8.91. The molecule has 1 aromatic carbocycles. The van der Waals surface area contributed by atoms with Crippen LogP contribution in [-0.4, -0.2) is 55.3 Å². The summed E-state index contributed by atoms with van der Waals surface area (Å²) in [7, 11) is 3.42. The molecule has 0 radical (unpaired) electrons. The number of aromatic nitrogens is 2. The monoisotopic (exact) mass is 357 g/mol. The SMILES string of the molecule is CCN1CC(COc2cc(-c3c(C)nc(NC)nc3N)ccc2OC)C1. The van der Waals surface area contributed by atoms with Crippen molar-refractivity contribution in [3.63, 3.8) is 0 Å². The molecule has 0 saturated carbocycles. The van der Waals surface area contributed by atoms with E-state index in [1.807, 2.05) is 25.1 Å². The lowest BCUT2D eigenvalue weighted by atomic mass is 10.0. The summed E-state index contributed by atoms with van der Waals surface area (Å²) in [4.78, 5) is 11.1. The number of nitrogens with zero attached hydrogens (tertiary/aromatic N) is 3. The van der Waals surface area contributed by atoms with Gasteiger partial charge in [-0.1, -0.05) is 13.0 Å². The fourth-order valence-electron chi connectivity index (χ4n) is 3.26. The number of benzene rings is 1. The molecule has 2 heterocycles. The van der Waals surface area contributed by atoms with Gasteiger partial charge >= 0.3 is 0 Å². The molecular formula is C19H27N5O2. The Morgan fingerprint density at radius 1 is 1.27 bits per heavy atom. The minimum Gasteiger partial charge on any atom is -0.493 e. The number of ether oxygens (including phenoxy) is 2. The van der Waals surface area contributed by atoms with Gasteiger partial charge in [0.25, 0.3) is 0 Å². The van der Waals surface area contributed by atoms with E-state index in [4.69, 9.17) is 15.2 Å². The summed E-state index contributed by atoms with van der Waals surface area (Å²) in [6, 6.07) is 5.81. The van der Waals surface area contributed by atoms with Crippen molar-refractivity contribution in [3.8, 4) is 22.6 Å². The van der Waals surface area contributed by atoms with Crippen molar-refractivity contribution in [2.75, 3.05) is 51.4 Å². The summed E-state index contributed by atoms with van der Waals surface area (Å²) in [6.07, 6.45) is 0. The van der Waals surface area contributed by atoms with Crippen molar-refractivity contribution in [1.82, 2.24) is 14.9 Å².